The molecule has 0 bridgehead atoms. The van der Waals surface area contributed by atoms with E-state index in [1.54, 1.807) is 11.0 Å². The molecule has 2 aromatic heterocycles. The van der Waals surface area contributed by atoms with Crippen molar-refractivity contribution in [1.29, 1.82) is 0 Å². The van der Waals surface area contributed by atoms with Crippen LogP contribution in [-0.4, -0.2) is 26.3 Å². The van der Waals surface area contributed by atoms with Gasteiger partial charge in [-0.2, -0.15) is 5.10 Å². The normalized spacial score (nSPS) is 10.8. The molecule has 5 nitrogen and oxygen atoms in total. The zero-order valence-electron chi connectivity index (χ0n) is 10.7. The molecule has 0 aliphatic heterocycles. The number of benzene rings is 1. The number of nitrogens with one attached hydrogen (secondary N) is 1. The fourth-order valence-corrected chi connectivity index (χ4v) is 2.06. The number of aryl methyl sites for hydroxylation is 1. The van der Waals surface area contributed by atoms with Crippen molar-refractivity contribution >= 4 is 16.6 Å². The van der Waals surface area contributed by atoms with Crippen LogP contribution < -0.4 is 5.32 Å². The standard InChI is InChI=1S/C14H15N5/c1-19-10-17-14(18-19)7-9-16-13-6-8-15-12-5-3-2-4-11(12)13/h2-6,8,10H,7,9H2,1H3,(H,15,16). The zero-order chi connectivity index (χ0) is 13.1. The van der Waals surface area contributed by atoms with Crippen LogP contribution in [0.2, 0.25) is 0 Å². The first kappa shape index (κ1) is 11.6. The summed E-state index contributed by atoms with van der Waals surface area (Å²) in [4.78, 5) is 8.55. The van der Waals surface area contributed by atoms with E-state index in [9.17, 15) is 0 Å². The molecule has 0 aliphatic rings. The minimum atomic E-state index is 0.803. The number of hydrogen-bond donors (Lipinski definition) is 1. The average molecular weight is 253 g/mol. The van der Waals surface area contributed by atoms with Gasteiger partial charge in [0.15, 0.2) is 5.82 Å². The number of pyridine rings is 1. The third-order valence-corrected chi connectivity index (χ3v) is 2.96. The maximum absolute atomic E-state index is 4.34. The van der Waals surface area contributed by atoms with Crippen molar-refractivity contribution in [2.24, 2.45) is 7.05 Å². The van der Waals surface area contributed by atoms with Gasteiger partial charge in [-0.15, -0.1) is 0 Å². The Kier molecular flexibility index (Phi) is 3.10. The Hall–Kier alpha value is -2.43. The highest BCUT2D eigenvalue weighted by molar-refractivity contribution is 5.90. The van der Waals surface area contributed by atoms with Crippen molar-refractivity contribution in [3.05, 3.63) is 48.7 Å². The highest BCUT2D eigenvalue weighted by Gasteiger charge is 2.02. The van der Waals surface area contributed by atoms with Gasteiger partial charge in [-0.05, 0) is 12.1 Å². The van der Waals surface area contributed by atoms with Gasteiger partial charge in [-0.3, -0.25) is 9.67 Å². The highest BCUT2D eigenvalue weighted by Crippen LogP contribution is 2.20. The monoisotopic (exact) mass is 253 g/mol. The van der Waals surface area contributed by atoms with Crippen LogP contribution in [0.15, 0.2) is 42.9 Å². The van der Waals surface area contributed by atoms with E-state index in [1.807, 2.05) is 37.5 Å². The molecule has 96 valence electrons. The molecule has 0 saturated carbocycles. The second-order valence-electron chi connectivity index (χ2n) is 4.39. The molecule has 19 heavy (non-hydrogen) atoms. The maximum Gasteiger partial charge on any atom is 0.152 e. The fraction of sp³-hybridized carbons (Fsp3) is 0.214. The summed E-state index contributed by atoms with van der Waals surface area (Å²) in [5.74, 6) is 0.855. The SMILES string of the molecule is Cn1cnc(CCNc2ccnc3ccccc23)n1. The molecule has 0 saturated heterocycles. The van der Waals surface area contributed by atoms with Gasteiger partial charge in [-0.1, -0.05) is 18.2 Å². The van der Waals surface area contributed by atoms with Crippen molar-refractivity contribution in [2.75, 3.05) is 11.9 Å². The minimum Gasteiger partial charge on any atom is -0.384 e. The summed E-state index contributed by atoms with van der Waals surface area (Å²) in [6.45, 7) is 0.804. The molecule has 2 heterocycles. The van der Waals surface area contributed by atoms with Gasteiger partial charge in [0.25, 0.3) is 0 Å². The number of hydrogen-bond acceptors (Lipinski definition) is 4. The van der Waals surface area contributed by atoms with Gasteiger partial charge < -0.3 is 5.32 Å². The molecule has 0 amide bonds. The Morgan fingerprint density at radius 3 is 2.89 bits per heavy atom. The van der Waals surface area contributed by atoms with Gasteiger partial charge in [0.1, 0.15) is 6.33 Å². The number of nitrogens with zero attached hydrogens (tertiary/aromatic N) is 4. The molecule has 0 fully saturated rings. The molecule has 1 N–H and O–H groups in total. The van der Waals surface area contributed by atoms with Crippen molar-refractivity contribution in [3.8, 4) is 0 Å². The Bertz CT molecular complexity index is 684. The molecular formula is C14H15N5. The molecule has 0 unspecified atom stereocenters. The number of para-hydroxylation sites is 1. The van der Waals surface area contributed by atoms with E-state index in [0.29, 0.717) is 0 Å². The lowest BCUT2D eigenvalue weighted by molar-refractivity contribution is 0.742. The first-order chi connectivity index (χ1) is 9.33. The van der Waals surface area contributed by atoms with Crippen LogP contribution in [0.5, 0.6) is 0 Å². The van der Waals surface area contributed by atoms with Crippen LogP contribution in [0.1, 0.15) is 5.82 Å². The third-order valence-electron chi connectivity index (χ3n) is 2.96. The Balaban J connectivity index is 1.71. The Morgan fingerprint density at radius 2 is 2.05 bits per heavy atom. The Labute approximate surface area is 111 Å². The van der Waals surface area contributed by atoms with Crippen LogP contribution in [-0.2, 0) is 13.5 Å². The van der Waals surface area contributed by atoms with Crippen LogP contribution in [0.25, 0.3) is 10.9 Å². The molecule has 1 aromatic carbocycles. The van der Waals surface area contributed by atoms with Crippen LogP contribution in [0, 0.1) is 0 Å². The summed E-state index contributed by atoms with van der Waals surface area (Å²) in [6.07, 6.45) is 4.35. The van der Waals surface area contributed by atoms with Crippen LogP contribution in [0.3, 0.4) is 0 Å². The summed E-state index contributed by atoms with van der Waals surface area (Å²) in [5.41, 5.74) is 2.10. The zero-order valence-corrected chi connectivity index (χ0v) is 10.7. The molecule has 3 rings (SSSR count). The largest absolute Gasteiger partial charge is 0.384 e. The van der Waals surface area contributed by atoms with Gasteiger partial charge in [-0.25, -0.2) is 4.98 Å². The lowest BCUT2D eigenvalue weighted by Gasteiger charge is -2.08. The molecule has 5 heteroatoms. The Morgan fingerprint density at radius 1 is 1.16 bits per heavy atom. The number of anilines is 1. The quantitative estimate of drug-likeness (QED) is 0.773. The van der Waals surface area contributed by atoms with Crippen LogP contribution in [0.4, 0.5) is 5.69 Å². The second-order valence-corrected chi connectivity index (χ2v) is 4.39. The predicted octanol–water partition coefficient (Wildman–Crippen LogP) is 2.02. The summed E-state index contributed by atoms with van der Waals surface area (Å²) in [7, 11) is 1.88. The van der Waals surface area contributed by atoms with Gasteiger partial charge in [0, 0.05) is 37.3 Å². The van der Waals surface area contributed by atoms with Crippen LogP contribution >= 0.6 is 0 Å². The number of aromatic nitrogens is 4. The van der Waals surface area contributed by atoms with E-state index in [-0.39, 0.29) is 0 Å². The van der Waals surface area contributed by atoms with E-state index in [2.05, 4.69) is 26.4 Å². The fourth-order valence-electron chi connectivity index (χ4n) is 2.06. The summed E-state index contributed by atoms with van der Waals surface area (Å²) >= 11 is 0. The lowest BCUT2D eigenvalue weighted by atomic mass is 10.2. The molecule has 0 spiro atoms. The minimum absolute atomic E-state index is 0.803. The van der Waals surface area contributed by atoms with Gasteiger partial charge in [0.05, 0.1) is 5.52 Å². The smallest absolute Gasteiger partial charge is 0.152 e. The van der Waals surface area contributed by atoms with Crippen molar-refractivity contribution in [2.45, 2.75) is 6.42 Å². The number of fused-ring (bicyclic) bond motifs is 1. The lowest BCUT2D eigenvalue weighted by Crippen LogP contribution is -2.07. The summed E-state index contributed by atoms with van der Waals surface area (Å²) < 4.78 is 1.72. The third kappa shape index (κ3) is 2.54. The molecule has 0 atom stereocenters. The van der Waals surface area contributed by atoms with Crippen molar-refractivity contribution in [1.82, 2.24) is 19.7 Å². The maximum atomic E-state index is 4.34. The van der Waals surface area contributed by atoms with Crippen molar-refractivity contribution < 1.29 is 0 Å². The molecule has 0 radical (unpaired) electrons. The number of rotatable bonds is 4. The first-order valence-electron chi connectivity index (χ1n) is 6.25. The molecule has 3 aromatic rings. The average Bonchev–Trinajstić information content (AvgIpc) is 2.85. The highest BCUT2D eigenvalue weighted by atomic mass is 15.3. The molecule has 0 aliphatic carbocycles. The van der Waals surface area contributed by atoms with Crippen molar-refractivity contribution in [3.63, 3.8) is 0 Å². The first-order valence-corrected chi connectivity index (χ1v) is 6.25. The van der Waals surface area contributed by atoms with E-state index in [1.165, 1.54) is 0 Å². The van der Waals surface area contributed by atoms with E-state index < -0.39 is 0 Å². The van der Waals surface area contributed by atoms with E-state index >= 15 is 0 Å². The van der Waals surface area contributed by atoms with E-state index in [4.69, 9.17) is 0 Å². The predicted molar refractivity (Wildman–Crippen MR) is 74.9 cm³/mol. The summed E-state index contributed by atoms with van der Waals surface area (Å²) in [5, 5.41) is 8.81. The second kappa shape index (κ2) is 5.06. The van der Waals surface area contributed by atoms with Gasteiger partial charge in [0.2, 0.25) is 0 Å². The van der Waals surface area contributed by atoms with Gasteiger partial charge >= 0.3 is 0 Å². The summed E-state index contributed by atoms with van der Waals surface area (Å²) in [6, 6.07) is 10.1. The topological polar surface area (TPSA) is 55.6 Å². The molecular weight excluding hydrogens is 238 g/mol. The van der Waals surface area contributed by atoms with E-state index in [0.717, 1.165) is 35.4 Å².